The van der Waals surface area contributed by atoms with Gasteiger partial charge in [0.15, 0.2) is 0 Å². The Morgan fingerprint density at radius 1 is 1.14 bits per heavy atom. The highest BCUT2D eigenvalue weighted by molar-refractivity contribution is 7.13. The quantitative estimate of drug-likeness (QED) is 0.277. The number of benzene rings is 2. The first-order valence-electron chi connectivity index (χ1n) is 13.0. The summed E-state index contributed by atoms with van der Waals surface area (Å²) in [5.41, 5.74) is 3.75. The zero-order valence-electron chi connectivity index (χ0n) is 20.6. The van der Waals surface area contributed by atoms with Gasteiger partial charge in [-0.2, -0.15) is 0 Å². The van der Waals surface area contributed by atoms with E-state index in [1.54, 1.807) is 17.4 Å². The highest BCUT2D eigenvalue weighted by Crippen LogP contribution is 2.42. The van der Waals surface area contributed by atoms with Gasteiger partial charge in [0.25, 0.3) is 5.91 Å². The van der Waals surface area contributed by atoms with E-state index in [-0.39, 0.29) is 17.8 Å². The summed E-state index contributed by atoms with van der Waals surface area (Å²) in [4.78, 5) is 20.1. The van der Waals surface area contributed by atoms with Crippen molar-refractivity contribution < 1.29 is 13.9 Å². The van der Waals surface area contributed by atoms with Crippen LogP contribution in [0.5, 0.6) is 0 Å². The Kier molecular flexibility index (Phi) is 7.00. The van der Waals surface area contributed by atoms with Gasteiger partial charge in [0.2, 0.25) is 0 Å². The molecule has 2 fully saturated rings. The first kappa shape index (κ1) is 24.2. The molecule has 1 amide bonds. The van der Waals surface area contributed by atoms with E-state index < -0.39 is 0 Å². The summed E-state index contributed by atoms with van der Waals surface area (Å²) in [6.07, 6.45) is 4.28. The largest absolute Gasteiger partial charge is 0.375 e. The standard InChI is InChI=1S/C30H30FN3O2S/c31-21-7-3-6-20(16-21)28(19-12-13-19)34-30(35)27-23-9-1-2-10-25(23)33-29(26-11-5-15-37-26)24(27)18-36-17-22-8-4-14-32-22/h1-3,5-7,9-11,15-16,19,22,28,32H,4,8,12-14,17-18H2,(H,34,35)/t22-,28?/m0/s1. The lowest BCUT2D eigenvalue weighted by atomic mass is 9.97. The lowest BCUT2D eigenvalue weighted by Crippen LogP contribution is -2.31. The molecule has 0 bridgehead atoms. The number of carbonyl (C=O) groups excluding carboxylic acids is 1. The number of hydrogen-bond acceptors (Lipinski definition) is 5. The highest BCUT2D eigenvalue weighted by atomic mass is 32.1. The van der Waals surface area contributed by atoms with E-state index in [0.29, 0.717) is 30.7 Å². The fraction of sp³-hybridized carbons (Fsp3) is 0.333. The van der Waals surface area contributed by atoms with E-state index in [4.69, 9.17) is 9.72 Å². The topological polar surface area (TPSA) is 63.2 Å². The molecule has 0 spiro atoms. The molecule has 1 saturated carbocycles. The molecule has 2 aromatic carbocycles. The van der Waals surface area contributed by atoms with Crippen LogP contribution in [0, 0.1) is 11.7 Å². The molecule has 1 saturated heterocycles. The Hall–Kier alpha value is -3.13. The van der Waals surface area contributed by atoms with Crippen LogP contribution in [0.1, 0.15) is 53.2 Å². The summed E-state index contributed by atoms with van der Waals surface area (Å²) in [6, 6.07) is 18.5. The van der Waals surface area contributed by atoms with Crippen LogP contribution < -0.4 is 10.6 Å². The Bertz CT molecular complexity index is 1400. The molecule has 190 valence electrons. The Morgan fingerprint density at radius 3 is 2.78 bits per heavy atom. The molecule has 5 nitrogen and oxygen atoms in total. The third kappa shape index (κ3) is 5.30. The van der Waals surface area contributed by atoms with Gasteiger partial charge in [-0.3, -0.25) is 4.79 Å². The molecule has 0 radical (unpaired) electrons. The molecule has 1 aliphatic carbocycles. The van der Waals surface area contributed by atoms with E-state index >= 15 is 0 Å². The van der Waals surface area contributed by atoms with Crippen LogP contribution in [0.15, 0.2) is 66.0 Å². The minimum Gasteiger partial charge on any atom is -0.375 e. The SMILES string of the molecule is O=C(NC(c1cccc(F)c1)C1CC1)c1c(COC[C@@H]2CCCN2)c(-c2cccs2)nc2ccccc12. The monoisotopic (exact) mass is 515 g/mol. The van der Waals surface area contributed by atoms with Gasteiger partial charge >= 0.3 is 0 Å². The Morgan fingerprint density at radius 2 is 2.03 bits per heavy atom. The van der Waals surface area contributed by atoms with Crippen LogP contribution in [0.3, 0.4) is 0 Å². The number of ether oxygens (including phenoxy) is 1. The van der Waals surface area contributed by atoms with Crippen molar-refractivity contribution in [3.05, 3.63) is 88.6 Å². The molecule has 7 heteroatoms. The zero-order chi connectivity index (χ0) is 25.2. The van der Waals surface area contributed by atoms with E-state index in [1.165, 1.54) is 12.1 Å². The van der Waals surface area contributed by atoms with Gasteiger partial charge in [0.05, 0.1) is 40.9 Å². The van der Waals surface area contributed by atoms with Gasteiger partial charge in [0.1, 0.15) is 5.82 Å². The van der Waals surface area contributed by atoms with Gasteiger partial charge in [-0.05, 0) is 73.4 Å². The molecule has 3 heterocycles. The number of hydrogen-bond donors (Lipinski definition) is 2. The van der Waals surface area contributed by atoms with Crippen LogP contribution >= 0.6 is 11.3 Å². The van der Waals surface area contributed by atoms with E-state index in [0.717, 1.165) is 64.8 Å². The molecule has 2 aromatic heterocycles. The van der Waals surface area contributed by atoms with Crippen LogP contribution in [0.4, 0.5) is 4.39 Å². The van der Waals surface area contributed by atoms with Crippen LogP contribution in [0.2, 0.25) is 0 Å². The van der Waals surface area contributed by atoms with Crippen molar-refractivity contribution in [2.75, 3.05) is 13.2 Å². The minimum absolute atomic E-state index is 0.171. The second kappa shape index (κ2) is 10.7. The molecule has 4 aromatic rings. The second-order valence-corrected chi connectivity index (χ2v) is 10.9. The number of pyridine rings is 1. The number of thiophene rings is 1. The molecule has 1 aliphatic heterocycles. The Balaban J connectivity index is 1.41. The lowest BCUT2D eigenvalue weighted by molar-refractivity contribution is 0.0907. The molecular weight excluding hydrogens is 485 g/mol. The number of amides is 1. The van der Waals surface area contributed by atoms with Crippen molar-refractivity contribution >= 4 is 28.1 Å². The van der Waals surface area contributed by atoms with Gasteiger partial charge in [-0.1, -0.05) is 36.4 Å². The van der Waals surface area contributed by atoms with Crippen LogP contribution in [-0.4, -0.2) is 30.1 Å². The number of aromatic nitrogens is 1. The molecule has 2 atom stereocenters. The normalized spacial score (nSPS) is 18.2. The number of carbonyl (C=O) groups is 1. The van der Waals surface area contributed by atoms with Crippen LogP contribution in [-0.2, 0) is 11.3 Å². The predicted octanol–water partition coefficient (Wildman–Crippen LogP) is 6.25. The molecule has 37 heavy (non-hydrogen) atoms. The number of nitrogens with zero attached hydrogens (tertiary/aromatic N) is 1. The number of nitrogens with one attached hydrogen (secondary N) is 2. The maximum absolute atomic E-state index is 14.1. The van der Waals surface area contributed by atoms with Gasteiger partial charge in [-0.15, -0.1) is 11.3 Å². The summed E-state index contributed by atoms with van der Waals surface area (Å²) in [5.74, 6) is -0.153. The average molecular weight is 516 g/mol. The summed E-state index contributed by atoms with van der Waals surface area (Å²) < 4.78 is 20.3. The van der Waals surface area contributed by atoms with Crippen molar-refractivity contribution in [1.29, 1.82) is 0 Å². The van der Waals surface area contributed by atoms with Crippen molar-refractivity contribution in [3.8, 4) is 10.6 Å². The van der Waals surface area contributed by atoms with Crippen LogP contribution in [0.25, 0.3) is 21.5 Å². The highest BCUT2D eigenvalue weighted by Gasteiger charge is 2.35. The fourth-order valence-corrected chi connectivity index (χ4v) is 6.03. The van der Waals surface area contributed by atoms with Gasteiger partial charge in [-0.25, -0.2) is 9.37 Å². The zero-order valence-corrected chi connectivity index (χ0v) is 21.4. The lowest BCUT2D eigenvalue weighted by Gasteiger charge is -2.22. The van der Waals surface area contributed by atoms with Crippen molar-refractivity contribution in [1.82, 2.24) is 15.6 Å². The maximum atomic E-state index is 14.1. The number of fused-ring (bicyclic) bond motifs is 1. The first-order chi connectivity index (χ1) is 18.2. The summed E-state index contributed by atoms with van der Waals surface area (Å²) in [6.45, 7) is 1.90. The van der Waals surface area contributed by atoms with Gasteiger partial charge in [0, 0.05) is 17.0 Å². The maximum Gasteiger partial charge on any atom is 0.252 e. The number of halogens is 1. The minimum atomic E-state index is -0.290. The molecule has 1 unspecified atom stereocenters. The van der Waals surface area contributed by atoms with E-state index in [9.17, 15) is 9.18 Å². The van der Waals surface area contributed by atoms with Crippen molar-refractivity contribution in [3.63, 3.8) is 0 Å². The molecule has 2 aliphatic rings. The van der Waals surface area contributed by atoms with E-state index in [2.05, 4.69) is 10.6 Å². The van der Waals surface area contributed by atoms with Crippen molar-refractivity contribution in [2.45, 2.75) is 44.4 Å². The average Bonchev–Trinajstić information content (AvgIpc) is 3.35. The third-order valence-corrected chi connectivity index (χ3v) is 8.17. The second-order valence-electron chi connectivity index (χ2n) is 9.96. The summed E-state index contributed by atoms with van der Waals surface area (Å²) in [5, 5.41) is 9.57. The number of para-hydroxylation sites is 1. The molecule has 2 N–H and O–H groups in total. The molecule has 6 rings (SSSR count). The summed E-state index contributed by atoms with van der Waals surface area (Å²) in [7, 11) is 0. The smallest absolute Gasteiger partial charge is 0.252 e. The fourth-order valence-electron chi connectivity index (χ4n) is 5.29. The van der Waals surface area contributed by atoms with E-state index in [1.807, 2.05) is 47.8 Å². The first-order valence-corrected chi connectivity index (χ1v) is 13.9. The number of rotatable bonds is 9. The molecular formula is C30H30FN3O2S. The Labute approximate surface area is 220 Å². The predicted molar refractivity (Wildman–Crippen MR) is 145 cm³/mol. The van der Waals surface area contributed by atoms with Gasteiger partial charge < -0.3 is 15.4 Å². The third-order valence-electron chi connectivity index (χ3n) is 7.29. The van der Waals surface area contributed by atoms with Crippen molar-refractivity contribution in [2.24, 2.45) is 5.92 Å². The summed E-state index contributed by atoms with van der Waals surface area (Å²) >= 11 is 1.60.